The van der Waals surface area contributed by atoms with Gasteiger partial charge < -0.3 is 16.0 Å². The molecule has 4 amide bonds. The average Bonchev–Trinajstić information content (AvgIpc) is 3.09. The lowest BCUT2D eigenvalue weighted by molar-refractivity contribution is -0.132. The Morgan fingerprint density at radius 2 is 2.04 bits per heavy atom. The van der Waals surface area contributed by atoms with Crippen molar-refractivity contribution in [3.05, 3.63) is 0 Å². The molecule has 0 aromatic rings. The van der Waals surface area contributed by atoms with E-state index in [2.05, 4.69) is 5.32 Å². The zero-order valence-electron chi connectivity index (χ0n) is 13.9. The molecule has 3 unspecified atom stereocenters. The summed E-state index contributed by atoms with van der Waals surface area (Å²) in [5.74, 6) is 0.890. The normalized spacial score (nSPS) is 32.4. The van der Waals surface area contributed by atoms with E-state index in [1.54, 1.807) is 13.8 Å². The molecule has 3 aliphatic rings. The number of fused-ring (bicyclic) bond motifs is 1. The van der Waals surface area contributed by atoms with Crippen LogP contribution in [0.1, 0.15) is 39.5 Å². The van der Waals surface area contributed by atoms with Gasteiger partial charge in [-0.05, 0) is 44.9 Å². The maximum Gasteiger partial charge on any atom is 0.325 e. The molecular formula is C16H26N4O3. The number of amides is 4. The molecule has 0 radical (unpaired) electrons. The zero-order valence-corrected chi connectivity index (χ0v) is 13.9. The van der Waals surface area contributed by atoms with Crippen molar-refractivity contribution in [3.63, 3.8) is 0 Å². The second-order valence-electron chi connectivity index (χ2n) is 7.58. The van der Waals surface area contributed by atoms with Crippen LogP contribution in [-0.2, 0) is 9.59 Å². The van der Waals surface area contributed by atoms with Crippen molar-refractivity contribution in [2.45, 2.75) is 51.1 Å². The molecule has 2 saturated heterocycles. The summed E-state index contributed by atoms with van der Waals surface area (Å²) in [6.07, 6.45) is 3.06. The van der Waals surface area contributed by atoms with Crippen molar-refractivity contribution < 1.29 is 14.4 Å². The molecule has 3 N–H and O–H groups in total. The predicted octanol–water partition coefficient (Wildman–Crippen LogP) is 0.293. The summed E-state index contributed by atoms with van der Waals surface area (Å²) in [6, 6.07) is -0.139. The second kappa shape index (κ2) is 5.78. The van der Waals surface area contributed by atoms with E-state index in [-0.39, 0.29) is 23.9 Å². The first-order valence-electron chi connectivity index (χ1n) is 8.47. The fraction of sp³-hybridized carbons (Fsp3) is 0.812. The Labute approximate surface area is 136 Å². The standard InChI is InChI=1S/C16H26N4O3/c1-16(2)14(22)20(15(23)18-16)7-3-4-13(21)19-8-10-5-6-12(17)11(10)9-19/h10-12H,3-9,17H2,1-2H3,(H,18,23). The van der Waals surface area contributed by atoms with E-state index in [0.29, 0.717) is 31.2 Å². The number of carbonyl (C=O) groups is 3. The van der Waals surface area contributed by atoms with E-state index in [1.165, 1.54) is 4.90 Å². The van der Waals surface area contributed by atoms with Gasteiger partial charge >= 0.3 is 6.03 Å². The number of imide groups is 1. The third-order valence-corrected chi connectivity index (χ3v) is 5.48. The number of urea groups is 1. The van der Waals surface area contributed by atoms with Crippen LogP contribution in [0.5, 0.6) is 0 Å². The van der Waals surface area contributed by atoms with E-state index in [0.717, 1.165) is 25.9 Å². The third-order valence-electron chi connectivity index (χ3n) is 5.48. The second-order valence-corrected chi connectivity index (χ2v) is 7.58. The Bertz CT molecular complexity index is 533. The molecule has 0 aromatic heterocycles. The molecule has 3 fully saturated rings. The summed E-state index contributed by atoms with van der Waals surface area (Å²) in [5, 5.41) is 2.65. The van der Waals surface area contributed by atoms with Gasteiger partial charge in [0, 0.05) is 32.1 Å². The monoisotopic (exact) mass is 322 g/mol. The van der Waals surface area contributed by atoms with Crippen LogP contribution < -0.4 is 11.1 Å². The summed E-state index contributed by atoms with van der Waals surface area (Å²) < 4.78 is 0. The minimum Gasteiger partial charge on any atom is -0.342 e. The molecule has 128 valence electrons. The number of hydrogen-bond acceptors (Lipinski definition) is 4. The Morgan fingerprint density at radius 3 is 2.65 bits per heavy atom. The maximum atomic E-state index is 12.3. The van der Waals surface area contributed by atoms with Gasteiger partial charge in [-0.1, -0.05) is 0 Å². The minimum atomic E-state index is -0.844. The molecule has 23 heavy (non-hydrogen) atoms. The van der Waals surface area contributed by atoms with Crippen molar-refractivity contribution in [2.24, 2.45) is 17.6 Å². The predicted molar refractivity (Wildman–Crippen MR) is 84.3 cm³/mol. The van der Waals surface area contributed by atoms with Gasteiger partial charge in [0.2, 0.25) is 5.91 Å². The first-order valence-corrected chi connectivity index (χ1v) is 8.47. The number of carbonyl (C=O) groups excluding carboxylic acids is 3. The molecule has 0 bridgehead atoms. The lowest BCUT2D eigenvalue weighted by Gasteiger charge is -2.20. The van der Waals surface area contributed by atoms with Crippen molar-refractivity contribution in [2.75, 3.05) is 19.6 Å². The fourth-order valence-corrected chi connectivity index (χ4v) is 4.08. The number of nitrogens with zero attached hydrogens (tertiary/aromatic N) is 2. The van der Waals surface area contributed by atoms with Gasteiger partial charge in [0.1, 0.15) is 5.54 Å². The molecule has 7 nitrogen and oxygen atoms in total. The smallest absolute Gasteiger partial charge is 0.325 e. The summed E-state index contributed by atoms with van der Waals surface area (Å²) in [4.78, 5) is 39.3. The topological polar surface area (TPSA) is 95.7 Å². The van der Waals surface area contributed by atoms with E-state index < -0.39 is 5.54 Å². The average molecular weight is 322 g/mol. The van der Waals surface area contributed by atoms with Crippen LogP contribution in [0.15, 0.2) is 0 Å². The largest absolute Gasteiger partial charge is 0.342 e. The number of rotatable bonds is 4. The van der Waals surface area contributed by atoms with Gasteiger partial charge in [0.05, 0.1) is 0 Å². The summed E-state index contributed by atoms with van der Waals surface area (Å²) in [5.41, 5.74) is 5.25. The molecule has 1 aliphatic carbocycles. The summed E-state index contributed by atoms with van der Waals surface area (Å²) >= 11 is 0. The minimum absolute atomic E-state index is 0.109. The number of hydrogen-bond donors (Lipinski definition) is 2. The molecule has 1 saturated carbocycles. The van der Waals surface area contributed by atoms with Crippen LogP contribution in [0.4, 0.5) is 4.79 Å². The quantitative estimate of drug-likeness (QED) is 0.727. The van der Waals surface area contributed by atoms with Crippen LogP contribution >= 0.6 is 0 Å². The number of likely N-dealkylation sites (tertiary alicyclic amines) is 1. The van der Waals surface area contributed by atoms with Crippen LogP contribution in [0.25, 0.3) is 0 Å². The van der Waals surface area contributed by atoms with E-state index in [1.807, 2.05) is 4.90 Å². The Kier molecular flexibility index (Phi) is 4.08. The zero-order chi connectivity index (χ0) is 16.8. The highest BCUT2D eigenvalue weighted by molar-refractivity contribution is 6.06. The lowest BCUT2D eigenvalue weighted by atomic mass is 9.98. The number of nitrogens with one attached hydrogen (secondary N) is 1. The van der Waals surface area contributed by atoms with E-state index >= 15 is 0 Å². The Balaban J connectivity index is 1.46. The lowest BCUT2D eigenvalue weighted by Crippen LogP contribution is -2.40. The number of nitrogens with two attached hydrogens (primary N) is 1. The van der Waals surface area contributed by atoms with Crippen LogP contribution in [-0.4, -0.2) is 58.9 Å². The van der Waals surface area contributed by atoms with Crippen molar-refractivity contribution >= 4 is 17.8 Å². The highest BCUT2D eigenvalue weighted by Gasteiger charge is 2.44. The van der Waals surface area contributed by atoms with E-state index in [9.17, 15) is 14.4 Å². The first-order chi connectivity index (χ1) is 10.8. The highest BCUT2D eigenvalue weighted by Crippen LogP contribution is 2.37. The van der Waals surface area contributed by atoms with Gasteiger partial charge in [-0.25, -0.2) is 4.79 Å². The third kappa shape index (κ3) is 2.94. The highest BCUT2D eigenvalue weighted by atomic mass is 16.2. The Morgan fingerprint density at radius 1 is 1.30 bits per heavy atom. The van der Waals surface area contributed by atoms with Crippen LogP contribution in [0.2, 0.25) is 0 Å². The van der Waals surface area contributed by atoms with Crippen LogP contribution in [0.3, 0.4) is 0 Å². The maximum absolute atomic E-state index is 12.3. The van der Waals surface area contributed by atoms with Crippen LogP contribution in [0, 0.1) is 11.8 Å². The van der Waals surface area contributed by atoms with Gasteiger partial charge in [-0.3, -0.25) is 14.5 Å². The first kappa shape index (κ1) is 16.2. The van der Waals surface area contributed by atoms with E-state index in [4.69, 9.17) is 5.73 Å². The molecule has 0 aromatic carbocycles. The van der Waals surface area contributed by atoms with Gasteiger partial charge in [0.15, 0.2) is 0 Å². The van der Waals surface area contributed by atoms with Gasteiger partial charge in [-0.2, -0.15) is 0 Å². The molecule has 0 spiro atoms. The van der Waals surface area contributed by atoms with Crippen molar-refractivity contribution in [1.29, 1.82) is 0 Å². The molecule has 7 heteroatoms. The van der Waals surface area contributed by atoms with Crippen molar-refractivity contribution in [3.8, 4) is 0 Å². The summed E-state index contributed by atoms with van der Waals surface area (Å²) in [6.45, 7) is 5.24. The SMILES string of the molecule is CC1(C)NC(=O)N(CCCC(=O)N2CC3CCC(N)C3C2)C1=O. The molecule has 2 aliphatic heterocycles. The molecule has 3 atom stereocenters. The van der Waals surface area contributed by atoms with Gasteiger partial charge in [-0.15, -0.1) is 0 Å². The molecule has 2 heterocycles. The molecule has 3 rings (SSSR count). The van der Waals surface area contributed by atoms with Gasteiger partial charge in [0.25, 0.3) is 5.91 Å². The Hall–Kier alpha value is -1.63. The summed E-state index contributed by atoms with van der Waals surface area (Å²) in [7, 11) is 0. The molecular weight excluding hydrogens is 296 g/mol. The fourth-order valence-electron chi connectivity index (χ4n) is 4.08. The van der Waals surface area contributed by atoms with Crippen molar-refractivity contribution in [1.82, 2.24) is 15.1 Å².